The van der Waals surface area contributed by atoms with Gasteiger partial charge >= 0.3 is 0 Å². The first-order chi connectivity index (χ1) is 9.19. The van der Waals surface area contributed by atoms with Crippen LogP contribution in [0, 0.1) is 11.8 Å². The third kappa shape index (κ3) is 4.46. The van der Waals surface area contributed by atoms with Gasteiger partial charge in [-0.3, -0.25) is 9.69 Å². The van der Waals surface area contributed by atoms with Gasteiger partial charge < -0.3 is 10.6 Å². The second-order valence-electron chi connectivity index (χ2n) is 6.38. The quantitative estimate of drug-likeness (QED) is 0.835. The Hall–Kier alpha value is -0.610. The molecule has 0 radical (unpaired) electrons. The van der Waals surface area contributed by atoms with Gasteiger partial charge in [-0.25, -0.2) is 0 Å². The molecule has 1 atom stereocenters. The maximum absolute atomic E-state index is 12.3. The Kier molecular flexibility index (Phi) is 5.64. The lowest BCUT2D eigenvalue weighted by atomic mass is 9.95. The topological polar surface area (TPSA) is 49.6 Å². The van der Waals surface area contributed by atoms with E-state index in [-0.39, 0.29) is 0 Å². The van der Waals surface area contributed by atoms with E-state index in [0.29, 0.717) is 18.4 Å². The molecule has 2 fully saturated rings. The molecule has 1 amide bonds. The van der Waals surface area contributed by atoms with Crippen LogP contribution in [0.25, 0.3) is 0 Å². The van der Waals surface area contributed by atoms with Crippen molar-refractivity contribution in [3.05, 3.63) is 0 Å². The molecule has 2 rings (SSSR count). The van der Waals surface area contributed by atoms with Crippen LogP contribution in [0.3, 0.4) is 0 Å². The normalized spacial score (nSPS) is 26.6. The summed E-state index contributed by atoms with van der Waals surface area (Å²) in [6, 6.07) is 0. The van der Waals surface area contributed by atoms with Gasteiger partial charge in [0.05, 0.1) is 6.54 Å². The Morgan fingerprint density at radius 1 is 1.21 bits per heavy atom. The first-order valence-electron chi connectivity index (χ1n) is 7.89. The summed E-state index contributed by atoms with van der Waals surface area (Å²) in [7, 11) is 0. The van der Waals surface area contributed by atoms with Crippen LogP contribution in [0.15, 0.2) is 0 Å². The molecule has 4 heteroatoms. The molecule has 0 aliphatic carbocycles. The number of likely N-dealkylation sites (tertiary alicyclic amines) is 2. The standard InChI is InChI=1S/C15H29N3O/c1-13-5-9-18(10-6-13)15(19)12-17-8-2-3-14(11-17)4-7-16/h13-14H,2-12,16H2,1H3. The van der Waals surface area contributed by atoms with Gasteiger partial charge in [0.25, 0.3) is 0 Å². The molecular formula is C15H29N3O. The summed E-state index contributed by atoms with van der Waals surface area (Å²) < 4.78 is 0. The minimum atomic E-state index is 0.334. The van der Waals surface area contributed by atoms with Crippen LogP contribution < -0.4 is 5.73 Å². The molecule has 0 aromatic carbocycles. The lowest BCUT2D eigenvalue weighted by molar-refractivity contribution is -0.134. The average molecular weight is 267 g/mol. The van der Waals surface area contributed by atoms with Crippen molar-refractivity contribution in [1.82, 2.24) is 9.80 Å². The third-order valence-electron chi connectivity index (χ3n) is 4.67. The van der Waals surface area contributed by atoms with Crippen molar-refractivity contribution >= 4 is 5.91 Å². The molecule has 0 bridgehead atoms. The number of hydrogen-bond acceptors (Lipinski definition) is 3. The van der Waals surface area contributed by atoms with E-state index in [1.54, 1.807) is 0 Å². The van der Waals surface area contributed by atoms with Gasteiger partial charge in [0, 0.05) is 19.6 Å². The van der Waals surface area contributed by atoms with E-state index in [4.69, 9.17) is 5.73 Å². The summed E-state index contributed by atoms with van der Waals surface area (Å²) >= 11 is 0. The highest BCUT2D eigenvalue weighted by molar-refractivity contribution is 5.78. The van der Waals surface area contributed by atoms with Crippen molar-refractivity contribution < 1.29 is 4.79 Å². The first-order valence-corrected chi connectivity index (χ1v) is 7.89. The molecule has 0 aromatic heterocycles. The van der Waals surface area contributed by atoms with E-state index in [0.717, 1.165) is 45.1 Å². The SMILES string of the molecule is CC1CCN(C(=O)CN2CCCC(CCN)C2)CC1. The average Bonchev–Trinajstić information content (AvgIpc) is 2.40. The Balaban J connectivity index is 1.75. The van der Waals surface area contributed by atoms with Crippen molar-refractivity contribution in [3.63, 3.8) is 0 Å². The van der Waals surface area contributed by atoms with Crippen molar-refractivity contribution in [2.45, 2.75) is 39.0 Å². The lowest BCUT2D eigenvalue weighted by Gasteiger charge is -2.35. The van der Waals surface area contributed by atoms with Crippen LogP contribution in [-0.4, -0.2) is 55.0 Å². The van der Waals surface area contributed by atoms with Crippen LogP contribution in [0.5, 0.6) is 0 Å². The zero-order valence-corrected chi connectivity index (χ0v) is 12.3. The molecule has 2 N–H and O–H groups in total. The number of hydrogen-bond donors (Lipinski definition) is 1. The minimum Gasteiger partial charge on any atom is -0.342 e. The number of piperidine rings is 2. The molecule has 0 spiro atoms. The Labute approximate surface area is 117 Å². The highest BCUT2D eigenvalue weighted by Crippen LogP contribution is 2.20. The highest BCUT2D eigenvalue weighted by Gasteiger charge is 2.25. The summed E-state index contributed by atoms with van der Waals surface area (Å²) in [5.41, 5.74) is 5.64. The van der Waals surface area contributed by atoms with Crippen LogP contribution >= 0.6 is 0 Å². The minimum absolute atomic E-state index is 0.334. The highest BCUT2D eigenvalue weighted by atomic mass is 16.2. The molecule has 2 heterocycles. The number of nitrogens with two attached hydrogens (primary N) is 1. The molecule has 0 aromatic rings. The van der Waals surface area contributed by atoms with E-state index < -0.39 is 0 Å². The maximum Gasteiger partial charge on any atom is 0.236 e. The molecule has 2 aliphatic heterocycles. The van der Waals surface area contributed by atoms with Crippen LogP contribution in [0.2, 0.25) is 0 Å². The fourth-order valence-corrected chi connectivity index (χ4v) is 3.32. The molecule has 2 saturated heterocycles. The van der Waals surface area contributed by atoms with Gasteiger partial charge in [0.1, 0.15) is 0 Å². The largest absolute Gasteiger partial charge is 0.342 e. The summed E-state index contributed by atoms with van der Waals surface area (Å²) in [6.45, 7) is 7.74. The number of carbonyl (C=O) groups excluding carboxylic acids is 1. The lowest BCUT2D eigenvalue weighted by Crippen LogP contribution is -2.46. The van der Waals surface area contributed by atoms with Gasteiger partial charge in [-0.2, -0.15) is 0 Å². The number of amides is 1. The number of rotatable bonds is 4. The monoisotopic (exact) mass is 267 g/mol. The summed E-state index contributed by atoms with van der Waals surface area (Å²) in [4.78, 5) is 16.7. The van der Waals surface area contributed by atoms with Gasteiger partial charge in [0.2, 0.25) is 5.91 Å². The molecule has 0 saturated carbocycles. The van der Waals surface area contributed by atoms with E-state index in [1.807, 2.05) is 0 Å². The third-order valence-corrected chi connectivity index (χ3v) is 4.67. The predicted octanol–water partition coefficient (Wildman–Crippen LogP) is 1.31. The van der Waals surface area contributed by atoms with Crippen LogP contribution in [0.1, 0.15) is 39.0 Å². The van der Waals surface area contributed by atoms with E-state index in [2.05, 4.69) is 16.7 Å². The fraction of sp³-hybridized carbons (Fsp3) is 0.933. The van der Waals surface area contributed by atoms with Crippen molar-refractivity contribution in [3.8, 4) is 0 Å². The predicted molar refractivity (Wildman–Crippen MR) is 77.8 cm³/mol. The second-order valence-corrected chi connectivity index (χ2v) is 6.38. The first kappa shape index (κ1) is 14.8. The summed E-state index contributed by atoms with van der Waals surface area (Å²) in [5.74, 6) is 1.82. The van der Waals surface area contributed by atoms with Crippen LogP contribution in [-0.2, 0) is 4.79 Å². The molecule has 1 unspecified atom stereocenters. The molecule has 2 aliphatic rings. The second kappa shape index (κ2) is 7.25. The van der Waals surface area contributed by atoms with E-state index in [1.165, 1.54) is 25.7 Å². The molecular weight excluding hydrogens is 238 g/mol. The van der Waals surface area contributed by atoms with Crippen molar-refractivity contribution in [2.75, 3.05) is 39.3 Å². The summed E-state index contributed by atoms with van der Waals surface area (Å²) in [6.07, 6.45) is 5.94. The van der Waals surface area contributed by atoms with E-state index in [9.17, 15) is 4.79 Å². The fourth-order valence-electron chi connectivity index (χ4n) is 3.32. The van der Waals surface area contributed by atoms with Crippen LogP contribution in [0.4, 0.5) is 0 Å². The number of nitrogens with zero attached hydrogens (tertiary/aromatic N) is 2. The Morgan fingerprint density at radius 2 is 1.95 bits per heavy atom. The van der Waals surface area contributed by atoms with Crippen molar-refractivity contribution in [1.29, 1.82) is 0 Å². The molecule has 110 valence electrons. The zero-order valence-electron chi connectivity index (χ0n) is 12.3. The Bertz CT molecular complexity index is 285. The molecule has 4 nitrogen and oxygen atoms in total. The Morgan fingerprint density at radius 3 is 2.63 bits per heavy atom. The van der Waals surface area contributed by atoms with Gasteiger partial charge in [0.15, 0.2) is 0 Å². The van der Waals surface area contributed by atoms with E-state index >= 15 is 0 Å². The maximum atomic E-state index is 12.3. The van der Waals surface area contributed by atoms with Gasteiger partial charge in [-0.05, 0) is 57.0 Å². The van der Waals surface area contributed by atoms with Gasteiger partial charge in [-0.15, -0.1) is 0 Å². The van der Waals surface area contributed by atoms with Gasteiger partial charge in [-0.1, -0.05) is 6.92 Å². The number of carbonyl (C=O) groups is 1. The van der Waals surface area contributed by atoms with Crippen molar-refractivity contribution in [2.24, 2.45) is 17.6 Å². The zero-order chi connectivity index (χ0) is 13.7. The summed E-state index contributed by atoms with van der Waals surface area (Å²) in [5, 5.41) is 0. The smallest absolute Gasteiger partial charge is 0.236 e. The molecule has 19 heavy (non-hydrogen) atoms.